The summed E-state index contributed by atoms with van der Waals surface area (Å²) in [7, 11) is -3.78. The van der Waals surface area contributed by atoms with Crippen LogP contribution in [-0.2, 0) is 19.6 Å². The zero-order valence-electron chi connectivity index (χ0n) is 16.9. The van der Waals surface area contributed by atoms with Crippen LogP contribution in [0.3, 0.4) is 0 Å². The lowest BCUT2D eigenvalue weighted by Crippen LogP contribution is -2.20. The van der Waals surface area contributed by atoms with Gasteiger partial charge in [0.2, 0.25) is 15.9 Å². The molecule has 0 aliphatic rings. The molecule has 166 valence electrons. The Morgan fingerprint density at radius 3 is 2.22 bits per heavy atom. The first kappa shape index (κ1) is 23.3. The molecule has 0 bridgehead atoms. The summed E-state index contributed by atoms with van der Waals surface area (Å²) in [6.45, 7) is -0.117. The molecule has 3 aromatic rings. The molecule has 0 unspecified atom stereocenters. The summed E-state index contributed by atoms with van der Waals surface area (Å²) in [4.78, 5) is 25.1. The maximum Gasteiger partial charge on any atom is 0.262 e. The Hall–Kier alpha value is -3.34. The highest BCUT2D eigenvalue weighted by Crippen LogP contribution is 2.22. The van der Waals surface area contributed by atoms with Crippen molar-refractivity contribution in [3.8, 4) is 5.75 Å². The lowest BCUT2D eigenvalue weighted by Gasteiger charge is -2.09. The van der Waals surface area contributed by atoms with E-state index in [0.29, 0.717) is 17.1 Å². The van der Waals surface area contributed by atoms with Gasteiger partial charge in [-0.1, -0.05) is 24.3 Å². The van der Waals surface area contributed by atoms with Gasteiger partial charge in [-0.25, -0.2) is 13.6 Å². The number of primary sulfonamides is 1. The summed E-state index contributed by atoms with van der Waals surface area (Å²) < 4.78 is 28.0. The summed E-state index contributed by atoms with van der Waals surface area (Å²) in [5.41, 5.74) is 1.05. The third-order valence-electron chi connectivity index (χ3n) is 4.07. The van der Waals surface area contributed by atoms with E-state index in [2.05, 4.69) is 10.6 Å². The number of hydrogen-bond acceptors (Lipinski definition) is 6. The summed E-state index contributed by atoms with van der Waals surface area (Å²) in [5, 5.41) is 10.5. The van der Waals surface area contributed by atoms with Crippen molar-refractivity contribution in [3.05, 3.63) is 78.9 Å². The Bertz CT molecular complexity index is 1180. The van der Waals surface area contributed by atoms with E-state index in [1.807, 2.05) is 24.3 Å². The third-order valence-corrected chi connectivity index (χ3v) is 5.99. The quantitative estimate of drug-likeness (QED) is 0.412. The standard InChI is InChI=1S/C22H21N3O5S2/c23-32(28,29)20-11-9-16(10-12-20)24-22(27)15-31-19-8-4-5-17(13-19)25-21(26)14-30-18-6-2-1-3-7-18/h1-13H,14-15H2,(H,24,27)(H,25,26)(H2,23,28,29). The van der Waals surface area contributed by atoms with E-state index in [9.17, 15) is 18.0 Å². The Labute approximate surface area is 190 Å². The number of rotatable bonds is 9. The van der Waals surface area contributed by atoms with Crippen LogP contribution in [-0.4, -0.2) is 32.6 Å². The van der Waals surface area contributed by atoms with E-state index in [0.717, 1.165) is 4.90 Å². The van der Waals surface area contributed by atoms with Crippen LogP contribution in [0.1, 0.15) is 0 Å². The van der Waals surface area contributed by atoms with E-state index in [4.69, 9.17) is 9.88 Å². The van der Waals surface area contributed by atoms with Crippen LogP contribution in [0.25, 0.3) is 0 Å². The smallest absolute Gasteiger partial charge is 0.262 e. The lowest BCUT2D eigenvalue weighted by atomic mass is 10.3. The molecule has 0 atom stereocenters. The van der Waals surface area contributed by atoms with Crippen LogP contribution in [0.2, 0.25) is 0 Å². The highest BCUT2D eigenvalue weighted by molar-refractivity contribution is 8.00. The van der Waals surface area contributed by atoms with E-state index in [1.165, 1.54) is 36.0 Å². The SMILES string of the molecule is NS(=O)(=O)c1ccc(NC(=O)CSc2cccc(NC(=O)COc3ccccc3)c2)cc1. The number of benzene rings is 3. The largest absolute Gasteiger partial charge is 0.484 e. The number of ether oxygens (including phenoxy) is 1. The number of thioether (sulfide) groups is 1. The summed E-state index contributed by atoms with van der Waals surface area (Å²) in [6, 6.07) is 21.7. The number of sulfonamides is 1. The minimum atomic E-state index is -3.78. The van der Waals surface area contributed by atoms with E-state index in [-0.39, 0.29) is 29.1 Å². The molecule has 0 fully saturated rings. The molecule has 0 aromatic heterocycles. The number of nitrogens with two attached hydrogens (primary N) is 1. The molecule has 0 saturated heterocycles. The number of anilines is 2. The lowest BCUT2D eigenvalue weighted by molar-refractivity contribution is -0.118. The first-order valence-corrected chi connectivity index (χ1v) is 12.0. The first-order valence-electron chi connectivity index (χ1n) is 9.43. The van der Waals surface area contributed by atoms with Gasteiger partial charge in [0, 0.05) is 16.3 Å². The molecule has 4 N–H and O–H groups in total. The molecule has 3 aromatic carbocycles. The monoisotopic (exact) mass is 471 g/mol. The van der Waals surface area contributed by atoms with Gasteiger partial charge >= 0.3 is 0 Å². The number of nitrogens with one attached hydrogen (secondary N) is 2. The van der Waals surface area contributed by atoms with Gasteiger partial charge in [-0.3, -0.25) is 9.59 Å². The molecule has 32 heavy (non-hydrogen) atoms. The zero-order chi connectivity index (χ0) is 23.0. The van der Waals surface area contributed by atoms with Crippen molar-refractivity contribution in [1.82, 2.24) is 0 Å². The van der Waals surface area contributed by atoms with Crippen LogP contribution < -0.4 is 20.5 Å². The maximum absolute atomic E-state index is 12.2. The molecule has 10 heteroatoms. The van der Waals surface area contributed by atoms with Crippen molar-refractivity contribution in [2.24, 2.45) is 5.14 Å². The topological polar surface area (TPSA) is 128 Å². The van der Waals surface area contributed by atoms with Gasteiger partial charge in [-0.05, 0) is 54.6 Å². The fraction of sp³-hybridized carbons (Fsp3) is 0.0909. The fourth-order valence-electron chi connectivity index (χ4n) is 2.60. The highest BCUT2D eigenvalue weighted by Gasteiger charge is 2.09. The van der Waals surface area contributed by atoms with Crippen molar-refractivity contribution >= 4 is 45.0 Å². The van der Waals surface area contributed by atoms with Crippen LogP contribution in [0.15, 0.2) is 88.7 Å². The first-order chi connectivity index (χ1) is 15.3. The predicted octanol–water partition coefficient (Wildman–Crippen LogP) is 3.08. The van der Waals surface area contributed by atoms with Gasteiger partial charge in [-0.2, -0.15) is 0 Å². The minimum Gasteiger partial charge on any atom is -0.484 e. The molecule has 0 aliphatic carbocycles. The fourth-order valence-corrected chi connectivity index (χ4v) is 3.87. The summed E-state index contributed by atoms with van der Waals surface area (Å²) in [5.74, 6) is 0.184. The molecule has 0 spiro atoms. The Morgan fingerprint density at radius 2 is 1.53 bits per heavy atom. The Morgan fingerprint density at radius 1 is 0.844 bits per heavy atom. The Balaban J connectivity index is 1.47. The van der Waals surface area contributed by atoms with Crippen LogP contribution in [0.5, 0.6) is 5.75 Å². The molecule has 8 nitrogen and oxygen atoms in total. The second kappa shape index (κ2) is 10.8. The average molecular weight is 472 g/mol. The van der Waals surface area contributed by atoms with Crippen molar-refractivity contribution in [2.45, 2.75) is 9.79 Å². The molecule has 3 rings (SSSR count). The van der Waals surface area contributed by atoms with Gasteiger partial charge < -0.3 is 15.4 Å². The van der Waals surface area contributed by atoms with Crippen LogP contribution >= 0.6 is 11.8 Å². The van der Waals surface area contributed by atoms with Gasteiger partial charge in [-0.15, -0.1) is 11.8 Å². The summed E-state index contributed by atoms with van der Waals surface area (Å²) >= 11 is 1.30. The van der Waals surface area contributed by atoms with Gasteiger partial charge in [0.05, 0.1) is 10.6 Å². The van der Waals surface area contributed by atoms with Crippen LogP contribution in [0.4, 0.5) is 11.4 Å². The van der Waals surface area contributed by atoms with E-state index >= 15 is 0 Å². The molecule has 0 saturated carbocycles. The second-order valence-electron chi connectivity index (χ2n) is 6.58. The van der Waals surface area contributed by atoms with E-state index < -0.39 is 10.0 Å². The van der Waals surface area contributed by atoms with Crippen molar-refractivity contribution in [1.29, 1.82) is 0 Å². The highest BCUT2D eigenvalue weighted by atomic mass is 32.2. The van der Waals surface area contributed by atoms with Crippen molar-refractivity contribution in [2.75, 3.05) is 23.0 Å². The average Bonchev–Trinajstić information content (AvgIpc) is 2.77. The normalized spacial score (nSPS) is 10.9. The molecule has 0 aliphatic heterocycles. The van der Waals surface area contributed by atoms with Crippen molar-refractivity contribution < 1.29 is 22.7 Å². The second-order valence-corrected chi connectivity index (χ2v) is 9.19. The zero-order valence-corrected chi connectivity index (χ0v) is 18.5. The summed E-state index contributed by atoms with van der Waals surface area (Å²) in [6.07, 6.45) is 0. The Kier molecular flexibility index (Phi) is 7.87. The van der Waals surface area contributed by atoms with Gasteiger partial charge in [0.25, 0.3) is 5.91 Å². The predicted molar refractivity (Wildman–Crippen MR) is 124 cm³/mol. The molecular weight excluding hydrogens is 450 g/mol. The number of carbonyl (C=O) groups excluding carboxylic acids is 2. The minimum absolute atomic E-state index is 0.0297. The molecular formula is C22H21N3O5S2. The third kappa shape index (κ3) is 7.41. The van der Waals surface area contributed by atoms with Gasteiger partial charge in [0.1, 0.15) is 5.75 Å². The molecule has 0 heterocycles. The number of amides is 2. The van der Waals surface area contributed by atoms with Gasteiger partial charge in [0.15, 0.2) is 6.61 Å². The number of carbonyl (C=O) groups is 2. The molecule has 2 amide bonds. The van der Waals surface area contributed by atoms with Crippen molar-refractivity contribution in [3.63, 3.8) is 0 Å². The van der Waals surface area contributed by atoms with Crippen LogP contribution in [0, 0.1) is 0 Å². The number of hydrogen-bond donors (Lipinski definition) is 3. The molecule has 0 radical (unpaired) electrons. The number of para-hydroxylation sites is 1. The maximum atomic E-state index is 12.2. The van der Waals surface area contributed by atoms with E-state index in [1.54, 1.807) is 30.3 Å².